The summed E-state index contributed by atoms with van der Waals surface area (Å²) in [5.74, 6) is 0.890. The molecule has 232 valence electrons. The van der Waals surface area contributed by atoms with Crippen molar-refractivity contribution < 1.29 is 22.8 Å². The minimum atomic E-state index is -3.55. The van der Waals surface area contributed by atoms with E-state index in [-0.39, 0.29) is 30.7 Å². The third-order valence-corrected chi connectivity index (χ3v) is 8.99. The molecule has 2 aromatic rings. The highest BCUT2D eigenvalue weighted by Crippen LogP contribution is 2.39. The summed E-state index contributed by atoms with van der Waals surface area (Å²) in [5.41, 5.74) is 2.33. The van der Waals surface area contributed by atoms with E-state index in [0.717, 1.165) is 24.7 Å². The maximum Gasteiger partial charge on any atom is 0.254 e. The van der Waals surface area contributed by atoms with Gasteiger partial charge in [0.25, 0.3) is 11.8 Å². The standard InChI is InChI=1S/C33H37ClN4O5S/c1-4-10-24(34)11-9-16-29-30(32(40)36-21-22-17-19-23(20-18-22)31(39)35-2)25-12-5-6-13-26(25)33(41)38(29)28-15-8-7-14-27(28)37-44(3,42)43/h1,5-6,9-13,17-20,27-30,37H,7-8,14-16,21H2,2-3H3,(H,35,39)(H,36,40)/b11-9-,24-10+/t27-,28-,29-,30+/m0/s1. The molecule has 3 N–H and O–H groups in total. The molecule has 4 rings (SSSR count). The zero-order valence-corrected chi connectivity index (χ0v) is 26.3. The van der Waals surface area contributed by atoms with E-state index < -0.39 is 34.1 Å². The van der Waals surface area contributed by atoms with Crippen LogP contribution in [0, 0.1) is 12.3 Å². The van der Waals surface area contributed by atoms with Gasteiger partial charge in [-0.05, 0) is 54.7 Å². The van der Waals surface area contributed by atoms with E-state index in [1.54, 1.807) is 72.6 Å². The first-order chi connectivity index (χ1) is 21.0. The molecule has 1 heterocycles. The van der Waals surface area contributed by atoms with Crippen molar-refractivity contribution in [3.63, 3.8) is 0 Å². The molecule has 1 saturated carbocycles. The summed E-state index contributed by atoms with van der Waals surface area (Å²) in [5, 5.41) is 5.95. The van der Waals surface area contributed by atoms with E-state index >= 15 is 0 Å². The SMILES string of the molecule is C#C/C=C(Cl)\C=C/C[C@H]1[C@H](C(=O)NCc2ccc(C(=O)NC)cc2)c2ccccc2C(=O)N1[C@H]1CCCC[C@@H]1NS(C)(=O)=O. The van der Waals surface area contributed by atoms with Crippen molar-refractivity contribution in [1.29, 1.82) is 0 Å². The minimum absolute atomic E-state index is 0.205. The lowest BCUT2D eigenvalue weighted by molar-refractivity contribution is -0.124. The molecule has 9 nitrogen and oxygen atoms in total. The van der Waals surface area contributed by atoms with Crippen LogP contribution in [-0.2, 0) is 21.4 Å². The number of hydrogen-bond donors (Lipinski definition) is 3. The van der Waals surface area contributed by atoms with Crippen molar-refractivity contribution in [1.82, 2.24) is 20.3 Å². The Morgan fingerprint density at radius 2 is 1.82 bits per heavy atom. The Balaban J connectivity index is 1.72. The third-order valence-electron chi connectivity index (χ3n) is 8.02. The van der Waals surface area contributed by atoms with Gasteiger partial charge in [0, 0.05) is 47.9 Å². The second kappa shape index (κ2) is 14.7. The van der Waals surface area contributed by atoms with Crippen LogP contribution >= 0.6 is 11.6 Å². The molecule has 1 aliphatic heterocycles. The number of fused-ring (bicyclic) bond motifs is 1. The summed E-state index contributed by atoms with van der Waals surface area (Å²) >= 11 is 6.22. The first-order valence-corrected chi connectivity index (χ1v) is 16.8. The number of halogens is 1. The van der Waals surface area contributed by atoms with E-state index in [4.69, 9.17) is 18.0 Å². The van der Waals surface area contributed by atoms with Crippen LogP contribution in [0.3, 0.4) is 0 Å². The van der Waals surface area contributed by atoms with Crippen molar-refractivity contribution in [3.05, 3.63) is 94.0 Å². The van der Waals surface area contributed by atoms with Crippen LogP contribution in [0.1, 0.15) is 69.9 Å². The number of allylic oxidation sites excluding steroid dienone is 3. The highest BCUT2D eigenvalue weighted by molar-refractivity contribution is 7.88. The molecule has 0 aromatic heterocycles. The van der Waals surface area contributed by atoms with E-state index in [0.29, 0.717) is 34.6 Å². The third kappa shape index (κ3) is 7.97. The van der Waals surface area contributed by atoms with Gasteiger partial charge in [0.15, 0.2) is 0 Å². The van der Waals surface area contributed by atoms with E-state index in [1.807, 2.05) is 0 Å². The van der Waals surface area contributed by atoms with Gasteiger partial charge in [-0.3, -0.25) is 14.4 Å². The van der Waals surface area contributed by atoms with E-state index in [2.05, 4.69) is 21.3 Å². The van der Waals surface area contributed by atoms with E-state index in [1.165, 1.54) is 6.08 Å². The van der Waals surface area contributed by atoms with Crippen LogP contribution in [0.15, 0.2) is 71.8 Å². The monoisotopic (exact) mass is 636 g/mol. The lowest BCUT2D eigenvalue weighted by atomic mass is 9.77. The number of terminal acetylenes is 1. The molecule has 1 fully saturated rings. The van der Waals surface area contributed by atoms with Crippen LogP contribution in [-0.4, -0.2) is 62.5 Å². The first kappa shape index (κ1) is 33.0. The number of nitrogens with one attached hydrogen (secondary N) is 3. The van der Waals surface area contributed by atoms with Gasteiger partial charge in [-0.15, -0.1) is 6.42 Å². The number of hydrogen-bond acceptors (Lipinski definition) is 5. The Morgan fingerprint density at radius 3 is 2.50 bits per heavy atom. The van der Waals surface area contributed by atoms with Crippen molar-refractivity contribution >= 4 is 39.3 Å². The van der Waals surface area contributed by atoms with Gasteiger partial charge in [0.05, 0.1) is 18.2 Å². The number of sulfonamides is 1. The Bertz CT molecular complexity index is 1600. The molecule has 2 aromatic carbocycles. The second-order valence-corrected chi connectivity index (χ2v) is 13.2. The van der Waals surface area contributed by atoms with Crippen LogP contribution in [0.2, 0.25) is 0 Å². The molecule has 0 unspecified atom stereocenters. The normalized spacial score (nSPS) is 22.3. The fourth-order valence-corrected chi connectivity index (χ4v) is 7.08. The van der Waals surface area contributed by atoms with E-state index in [9.17, 15) is 22.8 Å². The van der Waals surface area contributed by atoms with Crippen molar-refractivity contribution in [2.24, 2.45) is 0 Å². The zero-order chi connectivity index (χ0) is 31.9. The molecule has 0 spiro atoms. The Morgan fingerprint density at radius 1 is 1.11 bits per heavy atom. The summed E-state index contributed by atoms with van der Waals surface area (Å²) in [6.07, 6.45) is 14.4. The number of carbonyl (C=O) groups is 3. The average Bonchev–Trinajstić information content (AvgIpc) is 3.00. The zero-order valence-electron chi connectivity index (χ0n) is 24.8. The van der Waals surface area contributed by atoms with Crippen molar-refractivity contribution in [3.8, 4) is 12.3 Å². The summed E-state index contributed by atoms with van der Waals surface area (Å²) in [6, 6.07) is 12.4. The predicted octanol–water partition coefficient (Wildman–Crippen LogP) is 3.83. The largest absolute Gasteiger partial charge is 0.355 e. The smallest absolute Gasteiger partial charge is 0.254 e. The average molecular weight is 637 g/mol. The van der Waals surface area contributed by atoms with Gasteiger partial charge in [-0.1, -0.05) is 66.8 Å². The van der Waals surface area contributed by atoms with Gasteiger partial charge in [0.2, 0.25) is 15.9 Å². The molecule has 2 aliphatic rings. The quantitative estimate of drug-likeness (QED) is 0.270. The Hall–Kier alpha value is -3.91. The number of benzene rings is 2. The van der Waals surface area contributed by atoms with Gasteiger partial charge < -0.3 is 15.5 Å². The fraction of sp³-hybridized carbons (Fsp3) is 0.364. The molecular weight excluding hydrogens is 600 g/mol. The fourth-order valence-electron chi connectivity index (χ4n) is 6.10. The van der Waals surface area contributed by atoms with Gasteiger partial charge in [-0.25, -0.2) is 13.1 Å². The predicted molar refractivity (Wildman–Crippen MR) is 171 cm³/mol. The van der Waals surface area contributed by atoms with Crippen molar-refractivity contribution in [2.75, 3.05) is 13.3 Å². The molecule has 0 saturated heterocycles. The number of amides is 3. The molecule has 0 bridgehead atoms. The minimum Gasteiger partial charge on any atom is -0.355 e. The lowest BCUT2D eigenvalue weighted by Gasteiger charge is -2.48. The summed E-state index contributed by atoms with van der Waals surface area (Å²) in [6.45, 7) is 0.209. The van der Waals surface area contributed by atoms with Gasteiger partial charge in [-0.2, -0.15) is 0 Å². The van der Waals surface area contributed by atoms with Crippen LogP contribution in [0.25, 0.3) is 0 Å². The van der Waals surface area contributed by atoms with Crippen molar-refractivity contribution in [2.45, 2.75) is 62.7 Å². The second-order valence-electron chi connectivity index (χ2n) is 11.0. The van der Waals surface area contributed by atoms with Crippen LogP contribution in [0.5, 0.6) is 0 Å². The highest BCUT2D eigenvalue weighted by Gasteiger charge is 2.47. The van der Waals surface area contributed by atoms with Gasteiger partial charge >= 0.3 is 0 Å². The number of carbonyl (C=O) groups excluding carboxylic acids is 3. The van der Waals surface area contributed by atoms with Gasteiger partial charge in [0.1, 0.15) is 0 Å². The Labute approximate surface area is 264 Å². The number of nitrogens with zero attached hydrogens (tertiary/aromatic N) is 1. The molecule has 3 amide bonds. The molecule has 11 heteroatoms. The maximum absolute atomic E-state index is 14.2. The highest BCUT2D eigenvalue weighted by atomic mass is 35.5. The van der Waals surface area contributed by atoms with Crippen LogP contribution < -0.4 is 15.4 Å². The molecular formula is C33H37ClN4O5S. The lowest BCUT2D eigenvalue weighted by Crippen LogP contribution is -2.62. The topological polar surface area (TPSA) is 125 Å². The summed E-state index contributed by atoms with van der Waals surface area (Å²) in [7, 11) is -1.99. The first-order valence-electron chi connectivity index (χ1n) is 14.5. The molecule has 44 heavy (non-hydrogen) atoms. The summed E-state index contributed by atoms with van der Waals surface area (Å²) in [4.78, 5) is 41.9. The molecule has 4 atom stereocenters. The summed E-state index contributed by atoms with van der Waals surface area (Å²) < 4.78 is 27.4. The van der Waals surface area contributed by atoms with Crippen LogP contribution in [0.4, 0.5) is 0 Å². The molecule has 1 aliphatic carbocycles. The molecule has 0 radical (unpaired) electrons. The Kier molecular flexibility index (Phi) is 11.0. The maximum atomic E-state index is 14.2. The number of rotatable bonds is 10.